The van der Waals surface area contributed by atoms with E-state index in [0.717, 1.165) is 18.5 Å². The highest BCUT2D eigenvalue weighted by Gasteiger charge is 2.20. The van der Waals surface area contributed by atoms with Gasteiger partial charge in [-0.1, -0.05) is 6.07 Å². The fourth-order valence-electron chi connectivity index (χ4n) is 2.44. The molecule has 3 nitrogen and oxygen atoms in total. The van der Waals surface area contributed by atoms with Crippen LogP contribution in [-0.4, -0.2) is 41.4 Å². The van der Waals surface area contributed by atoms with Crippen molar-refractivity contribution in [2.24, 2.45) is 0 Å². The molecule has 2 rings (SSSR count). The monoisotopic (exact) mass is 281 g/mol. The molecule has 1 aromatic rings. The summed E-state index contributed by atoms with van der Waals surface area (Å²) in [6.45, 7) is 8.39. The molecule has 1 aliphatic heterocycles. The van der Waals surface area contributed by atoms with Crippen molar-refractivity contribution in [3.8, 4) is 0 Å². The molecule has 1 atom stereocenters. The smallest absolute Gasteiger partial charge is 0.123 e. The molecule has 1 aliphatic rings. The van der Waals surface area contributed by atoms with Crippen molar-refractivity contribution in [2.45, 2.75) is 45.4 Å². The average molecular weight is 281 g/mol. The lowest BCUT2D eigenvalue weighted by Gasteiger charge is -2.31. The number of nitrogens with zero attached hydrogens (tertiary/aromatic N) is 1. The van der Waals surface area contributed by atoms with Gasteiger partial charge in [-0.2, -0.15) is 0 Å². The topological polar surface area (TPSA) is 32.7 Å². The molecule has 0 spiro atoms. The first kappa shape index (κ1) is 15.4. The van der Waals surface area contributed by atoms with E-state index in [-0.39, 0.29) is 11.4 Å². The molecule has 1 aromatic carbocycles. The van der Waals surface area contributed by atoms with Crippen LogP contribution in [0.5, 0.6) is 0 Å². The maximum Gasteiger partial charge on any atom is 0.123 e. The summed E-state index contributed by atoms with van der Waals surface area (Å²) in [6, 6.07) is 4.97. The third-order valence-electron chi connectivity index (χ3n) is 3.44. The summed E-state index contributed by atoms with van der Waals surface area (Å²) in [4.78, 5) is 2.15. The maximum atomic E-state index is 13.2. The summed E-state index contributed by atoms with van der Waals surface area (Å²) in [7, 11) is 0. The van der Waals surface area contributed by atoms with Crippen LogP contribution in [0.3, 0.4) is 0 Å². The second-order valence-electron chi connectivity index (χ2n) is 6.48. The molecule has 1 N–H and O–H groups in total. The number of halogens is 1. The highest BCUT2D eigenvalue weighted by atomic mass is 19.1. The second-order valence-corrected chi connectivity index (χ2v) is 6.48. The van der Waals surface area contributed by atoms with Gasteiger partial charge >= 0.3 is 0 Å². The van der Waals surface area contributed by atoms with E-state index in [9.17, 15) is 9.50 Å². The Hall–Kier alpha value is -0.970. The number of rotatable bonds is 4. The molecule has 1 unspecified atom stereocenters. The molecule has 4 heteroatoms. The Balaban J connectivity index is 1.86. The number of fused-ring (bicyclic) bond motifs is 1. The Morgan fingerprint density at radius 2 is 2.10 bits per heavy atom. The average Bonchev–Trinajstić information content (AvgIpc) is 2.35. The van der Waals surface area contributed by atoms with Crippen LogP contribution in [0.15, 0.2) is 18.2 Å². The summed E-state index contributed by atoms with van der Waals surface area (Å²) >= 11 is 0. The van der Waals surface area contributed by atoms with Crippen molar-refractivity contribution in [1.29, 1.82) is 0 Å². The molecule has 0 saturated carbocycles. The molecular weight excluding hydrogens is 257 g/mol. The van der Waals surface area contributed by atoms with Gasteiger partial charge in [-0.25, -0.2) is 4.39 Å². The zero-order chi connectivity index (χ0) is 14.8. The van der Waals surface area contributed by atoms with Gasteiger partial charge < -0.3 is 9.84 Å². The van der Waals surface area contributed by atoms with E-state index in [0.29, 0.717) is 19.7 Å². The van der Waals surface area contributed by atoms with Gasteiger partial charge in [0.1, 0.15) is 5.82 Å². The zero-order valence-corrected chi connectivity index (χ0v) is 12.5. The largest absolute Gasteiger partial charge is 0.389 e. The number of aliphatic hydroxyl groups excluding tert-OH is 1. The summed E-state index contributed by atoms with van der Waals surface area (Å²) in [5.41, 5.74) is 2.00. The van der Waals surface area contributed by atoms with Crippen LogP contribution in [0.2, 0.25) is 0 Å². The van der Waals surface area contributed by atoms with E-state index in [4.69, 9.17) is 4.74 Å². The lowest BCUT2D eigenvalue weighted by Crippen LogP contribution is -2.39. The van der Waals surface area contributed by atoms with Crippen LogP contribution in [-0.2, 0) is 17.7 Å². The number of ether oxygens (including phenoxy) is 1. The molecule has 0 aliphatic carbocycles. The van der Waals surface area contributed by atoms with Gasteiger partial charge in [-0.15, -0.1) is 0 Å². The molecule has 0 aromatic heterocycles. The maximum absolute atomic E-state index is 13.2. The van der Waals surface area contributed by atoms with Crippen LogP contribution in [0, 0.1) is 5.82 Å². The number of benzene rings is 1. The Morgan fingerprint density at radius 1 is 1.35 bits per heavy atom. The quantitative estimate of drug-likeness (QED) is 0.919. The minimum absolute atomic E-state index is 0.192. The van der Waals surface area contributed by atoms with Gasteiger partial charge in [0.05, 0.1) is 18.3 Å². The van der Waals surface area contributed by atoms with Crippen LogP contribution in [0.1, 0.15) is 31.9 Å². The minimum atomic E-state index is -0.510. The van der Waals surface area contributed by atoms with Gasteiger partial charge in [0.2, 0.25) is 0 Å². The minimum Gasteiger partial charge on any atom is -0.389 e. The van der Waals surface area contributed by atoms with E-state index >= 15 is 0 Å². The number of aliphatic hydroxyl groups is 1. The van der Waals surface area contributed by atoms with Crippen LogP contribution in [0.25, 0.3) is 0 Å². The Kier molecular flexibility index (Phi) is 4.78. The highest BCUT2D eigenvalue weighted by Crippen LogP contribution is 2.20. The number of hydrogen-bond acceptors (Lipinski definition) is 3. The standard InChI is InChI=1S/C16H24FNO2/c1-16(2,3)20-11-15(19)10-18-7-6-12-4-5-14(17)8-13(12)9-18/h4-5,8,15,19H,6-7,9-11H2,1-3H3. The first-order valence-corrected chi connectivity index (χ1v) is 7.15. The molecule has 0 amide bonds. The fraction of sp³-hybridized carbons (Fsp3) is 0.625. The van der Waals surface area contributed by atoms with Gasteiger partial charge in [0.25, 0.3) is 0 Å². The van der Waals surface area contributed by atoms with Crippen LogP contribution in [0.4, 0.5) is 4.39 Å². The van der Waals surface area contributed by atoms with Crippen molar-refractivity contribution in [2.75, 3.05) is 19.7 Å². The van der Waals surface area contributed by atoms with Gasteiger partial charge in [0, 0.05) is 19.6 Å². The Labute approximate surface area is 120 Å². The third kappa shape index (κ3) is 4.54. The van der Waals surface area contributed by atoms with Crippen molar-refractivity contribution in [1.82, 2.24) is 4.90 Å². The van der Waals surface area contributed by atoms with Crippen molar-refractivity contribution < 1.29 is 14.2 Å². The predicted molar refractivity (Wildman–Crippen MR) is 77.1 cm³/mol. The van der Waals surface area contributed by atoms with Crippen LogP contribution >= 0.6 is 0 Å². The molecule has 0 radical (unpaired) electrons. The summed E-state index contributed by atoms with van der Waals surface area (Å²) in [5, 5.41) is 10.0. The van der Waals surface area contributed by atoms with E-state index in [1.165, 1.54) is 11.6 Å². The normalized spacial score (nSPS) is 17.9. The first-order valence-electron chi connectivity index (χ1n) is 7.15. The Morgan fingerprint density at radius 3 is 2.80 bits per heavy atom. The summed E-state index contributed by atoms with van der Waals surface area (Å²) < 4.78 is 18.8. The predicted octanol–water partition coefficient (Wildman–Crippen LogP) is 2.36. The molecule has 1 heterocycles. The lowest BCUT2D eigenvalue weighted by atomic mass is 9.99. The van der Waals surface area contributed by atoms with E-state index < -0.39 is 6.10 Å². The van der Waals surface area contributed by atoms with Crippen molar-refractivity contribution >= 4 is 0 Å². The van der Waals surface area contributed by atoms with Gasteiger partial charge in [-0.3, -0.25) is 4.90 Å². The van der Waals surface area contributed by atoms with E-state index in [1.54, 1.807) is 6.07 Å². The SMILES string of the molecule is CC(C)(C)OCC(O)CN1CCc2ccc(F)cc2C1. The molecule has 20 heavy (non-hydrogen) atoms. The van der Waals surface area contributed by atoms with Gasteiger partial charge in [0.15, 0.2) is 0 Å². The number of hydrogen-bond donors (Lipinski definition) is 1. The first-order chi connectivity index (χ1) is 9.33. The number of β-amino-alcohol motifs (C(OH)–C–C–N with tert-alkyl or cyclic N) is 1. The fourth-order valence-corrected chi connectivity index (χ4v) is 2.44. The summed E-state index contributed by atoms with van der Waals surface area (Å²) in [5.74, 6) is -0.192. The van der Waals surface area contributed by atoms with E-state index in [1.807, 2.05) is 26.8 Å². The molecule has 0 saturated heterocycles. The van der Waals surface area contributed by atoms with Crippen LogP contribution < -0.4 is 0 Å². The molecular formula is C16H24FNO2. The zero-order valence-electron chi connectivity index (χ0n) is 12.5. The second kappa shape index (κ2) is 6.20. The van der Waals surface area contributed by atoms with Crippen molar-refractivity contribution in [3.63, 3.8) is 0 Å². The molecule has 0 bridgehead atoms. The molecule has 0 fully saturated rings. The Bertz CT molecular complexity index is 456. The lowest BCUT2D eigenvalue weighted by molar-refractivity contribution is -0.0569. The van der Waals surface area contributed by atoms with E-state index in [2.05, 4.69) is 4.90 Å². The third-order valence-corrected chi connectivity index (χ3v) is 3.44. The summed E-state index contributed by atoms with van der Waals surface area (Å²) in [6.07, 6.45) is 0.395. The van der Waals surface area contributed by atoms with Gasteiger partial charge in [-0.05, 0) is 50.5 Å². The molecule has 112 valence electrons. The van der Waals surface area contributed by atoms with Crippen molar-refractivity contribution in [3.05, 3.63) is 35.1 Å². The highest BCUT2D eigenvalue weighted by molar-refractivity contribution is 5.29.